The smallest absolute Gasteiger partial charge is 0.326 e. The number of carbonyl (C=O) groups excluding carboxylic acids is 1. The maximum atomic E-state index is 12.2. The van der Waals surface area contributed by atoms with Crippen molar-refractivity contribution < 1.29 is 30.0 Å². The van der Waals surface area contributed by atoms with Crippen LogP contribution in [0.25, 0.3) is 0 Å². The van der Waals surface area contributed by atoms with Crippen molar-refractivity contribution in [3.8, 4) is 11.5 Å². The lowest BCUT2D eigenvalue weighted by atomic mass is 10.1. The first-order chi connectivity index (χ1) is 8.91. The van der Waals surface area contributed by atoms with E-state index < -0.39 is 35.5 Å². The number of carbonyl (C=O) groups is 2. The average Bonchev–Trinajstić information content (AvgIpc) is 2.71. The Kier molecular flexibility index (Phi) is 3.30. The SMILES string of the molecule is O=C(O)[C@@H]1C[C@H](O)CN1C(=O)c1c(O)cccc1O. The molecule has 1 aromatic carbocycles. The molecule has 1 saturated heterocycles. The third kappa shape index (κ3) is 2.32. The van der Waals surface area contributed by atoms with E-state index in [0.717, 1.165) is 4.90 Å². The van der Waals surface area contributed by atoms with Crippen molar-refractivity contribution in [3.63, 3.8) is 0 Å². The average molecular weight is 267 g/mol. The maximum absolute atomic E-state index is 12.2. The molecule has 4 N–H and O–H groups in total. The molecule has 1 aliphatic heterocycles. The van der Waals surface area contributed by atoms with Gasteiger partial charge in [0.25, 0.3) is 5.91 Å². The van der Waals surface area contributed by atoms with E-state index in [-0.39, 0.29) is 18.5 Å². The van der Waals surface area contributed by atoms with Gasteiger partial charge < -0.3 is 25.3 Å². The van der Waals surface area contributed by atoms with Gasteiger partial charge in [-0.05, 0) is 12.1 Å². The number of carboxylic acids is 1. The molecule has 1 aromatic rings. The summed E-state index contributed by atoms with van der Waals surface area (Å²) in [7, 11) is 0. The van der Waals surface area contributed by atoms with Crippen molar-refractivity contribution in [2.24, 2.45) is 0 Å². The number of aliphatic hydroxyl groups is 1. The fourth-order valence-corrected chi connectivity index (χ4v) is 2.16. The molecular formula is C12H13NO6. The summed E-state index contributed by atoms with van der Waals surface area (Å²) >= 11 is 0. The summed E-state index contributed by atoms with van der Waals surface area (Å²) in [5.41, 5.74) is -0.358. The van der Waals surface area contributed by atoms with Crippen LogP contribution in [0.3, 0.4) is 0 Å². The van der Waals surface area contributed by atoms with Crippen LogP contribution in [0.4, 0.5) is 0 Å². The van der Waals surface area contributed by atoms with Crippen molar-refractivity contribution in [2.75, 3.05) is 6.54 Å². The van der Waals surface area contributed by atoms with E-state index in [0.29, 0.717) is 0 Å². The maximum Gasteiger partial charge on any atom is 0.326 e. The van der Waals surface area contributed by atoms with Gasteiger partial charge in [-0.3, -0.25) is 4.79 Å². The number of carboxylic acid groups (broad SMARTS) is 1. The third-order valence-corrected chi connectivity index (χ3v) is 3.06. The normalized spacial score (nSPS) is 22.5. The summed E-state index contributed by atoms with van der Waals surface area (Å²) in [6.07, 6.45) is -1.01. The Morgan fingerprint density at radius 3 is 2.32 bits per heavy atom. The predicted octanol–water partition coefficient (Wildman–Crippen LogP) is -0.242. The first kappa shape index (κ1) is 13.2. The third-order valence-electron chi connectivity index (χ3n) is 3.06. The molecule has 0 unspecified atom stereocenters. The highest BCUT2D eigenvalue weighted by molar-refractivity contribution is 6.01. The Morgan fingerprint density at radius 2 is 1.79 bits per heavy atom. The van der Waals surface area contributed by atoms with E-state index >= 15 is 0 Å². The number of hydrogen-bond acceptors (Lipinski definition) is 5. The lowest BCUT2D eigenvalue weighted by Gasteiger charge is -2.21. The summed E-state index contributed by atoms with van der Waals surface area (Å²) in [6.45, 7) is -0.149. The van der Waals surface area contributed by atoms with Gasteiger partial charge in [0.1, 0.15) is 23.1 Å². The molecule has 19 heavy (non-hydrogen) atoms. The second-order valence-corrected chi connectivity index (χ2v) is 4.37. The Morgan fingerprint density at radius 1 is 1.21 bits per heavy atom. The van der Waals surface area contributed by atoms with Crippen LogP contribution < -0.4 is 0 Å². The monoisotopic (exact) mass is 267 g/mol. The van der Waals surface area contributed by atoms with Crippen LogP contribution in [-0.4, -0.2) is 55.9 Å². The van der Waals surface area contributed by atoms with Gasteiger partial charge in [0, 0.05) is 13.0 Å². The summed E-state index contributed by atoms with van der Waals surface area (Å²) in [5.74, 6) is -2.93. The molecule has 1 heterocycles. The number of amides is 1. The number of aliphatic carboxylic acids is 1. The van der Waals surface area contributed by atoms with Crippen LogP contribution in [0.1, 0.15) is 16.8 Å². The molecule has 1 fully saturated rings. The number of benzene rings is 1. The summed E-state index contributed by atoms with van der Waals surface area (Å²) < 4.78 is 0. The van der Waals surface area contributed by atoms with E-state index in [4.69, 9.17) is 5.11 Å². The number of aromatic hydroxyl groups is 2. The zero-order chi connectivity index (χ0) is 14.2. The van der Waals surface area contributed by atoms with Gasteiger partial charge in [-0.15, -0.1) is 0 Å². The first-order valence-corrected chi connectivity index (χ1v) is 5.64. The zero-order valence-corrected chi connectivity index (χ0v) is 9.85. The number of nitrogens with zero attached hydrogens (tertiary/aromatic N) is 1. The minimum atomic E-state index is -1.24. The molecule has 102 valence electrons. The molecule has 1 amide bonds. The molecule has 7 nitrogen and oxygen atoms in total. The molecule has 2 rings (SSSR count). The second kappa shape index (κ2) is 4.77. The Bertz CT molecular complexity index is 509. The van der Waals surface area contributed by atoms with Gasteiger partial charge in [-0.1, -0.05) is 6.07 Å². The Labute approximate surface area is 108 Å². The Balaban J connectivity index is 2.36. The number of phenolic OH excluding ortho intramolecular Hbond substituents is 2. The standard InChI is InChI=1S/C12H13NO6/c14-6-4-7(12(18)19)13(5-6)11(17)10-8(15)2-1-3-9(10)16/h1-3,6-7,14-16H,4-5H2,(H,18,19)/t6-,7-/m0/s1. The second-order valence-electron chi connectivity index (χ2n) is 4.37. The van der Waals surface area contributed by atoms with E-state index in [1.807, 2.05) is 0 Å². The largest absolute Gasteiger partial charge is 0.507 e. The number of rotatable bonds is 2. The molecule has 0 bridgehead atoms. The lowest BCUT2D eigenvalue weighted by Crippen LogP contribution is -2.40. The highest BCUT2D eigenvalue weighted by Gasteiger charge is 2.40. The summed E-state index contributed by atoms with van der Waals surface area (Å²) in [4.78, 5) is 24.1. The Hall–Kier alpha value is -2.28. The van der Waals surface area contributed by atoms with E-state index in [2.05, 4.69) is 0 Å². The van der Waals surface area contributed by atoms with Crippen molar-refractivity contribution in [1.82, 2.24) is 4.90 Å². The fraction of sp³-hybridized carbons (Fsp3) is 0.333. The van der Waals surface area contributed by atoms with Gasteiger partial charge in [0.05, 0.1) is 6.10 Å². The number of hydrogen-bond donors (Lipinski definition) is 4. The van der Waals surface area contributed by atoms with Gasteiger partial charge in [-0.2, -0.15) is 0 Å². The zero-order valence-electron chi connectivity index (χ0n) is 9.85. The number of β-amino-alcohol motifs (C(OH)–C–C–N with tert-alkyl or cyclic N) is 1. The quantitative estimate of drug-likeness (QED) is 0.587. The molecule has 1 aliphatic rings. The van der Waals surface area contributed by atoms with Gasteiger partial charge in [0.15, 0.2) is 0 Å². The van der Waals surface area contributed by atoms with Crippen LogP contribution in [0.5, 0.6) is 11.5 Å². The van der Waals surface area contributed by atoms with Crippen molar-refractivity contribution in [1.29, 1.82) is 0 Å². The van der Waals surface area contributed by atoms with Gasteiger partial charge in [0.2, 0.25) is 0 Å². The van der Waals surface area contributed by atoms with E-state index in [9.17, 15) is 24.9 Å². The van der Waals surface area contributed by atoms with E-state index in [1.165, 1.54) is 18.2 Å². The highest BCUT2D eigenvalue weighted by atomic mass is 16.4. The first-order valence-electron chi connectivity index (χ1n) is 5.64. The van der Waals surface area contributed by atoms with Gasteiger partial charge >= 0.3 is 5.97 Å². The van der Waals surface area contributed by atoms with Gasteiger partial charge in [-0.25, -0.2) is 4.79 Å². The molecule has 0 aliphatic carbocycles. The number of likely N-dealkylation sites (tertiary alicyclic amines) is 1. The van der Waals surface area contributed by atoms with Crippen LogP contribution in [-0.2, 0) is 4.79 Å². The summed E-state index contributed by atoms with van der Waals surface area (Å²) in [5, 5.41) is 37.7. The van der Waals surface area contributed by atoms with Crippen LogP contribution >= 0.6 is 0 Å². The molecule has 0 spiro atoms. The van der Waals surface area contributed by atoms with Crippen LogP contribution in [0, 0.1) is 0 Å². The minimum Gasteiger partial charge on any atom is -0.507 e. The van der Waals surface area contributed by atoms with Crippen molar-refractivity contribution in [3.05, 3.63) is 23.8 Å². The van der Waals surface area contributed by atoms with Crippen molar-refractivity contribution in [2.45, 2.75) is 18.6 Å². The van der Waals surface area contributed by atoms with Crippen LogP contribution in [0.2, 0.25) is 0 Å². The van der Waals surface area contributed by atoms with E-state index in [1.54, 1.807) is 0 Å². The molecular weight excluding hydrogens is 254 g/mol. The topological polar surface area (TPSA) is 118 Å². The lowest BCUT2D eigenvalue weighted by molar-refractivity contribution is -0.141. The summed E-state index contributed by atoms with van der Waals surface area (Å²) in [6, 6.07) is 2.63. The molecule has 0 saturated carbocycles. The van der Waals surface area contributed by atoms with Crippen LogP contribution in [0.15, 0.2) is 18.2 Å². The van der Waals surface area contributed by atoms with Crippen molar-refractivity contribution >= 4 is 11.9 Å². The minimum absolute atomic E-state index is 0.0740. The molecule has 0 radical (unpaired) electrons. The molecule has 0 aromatic heterocycles. The predicted molar refractivity (Wildman–Crippen MR) is 62.9 cm³/mol. The number of phenols is 2. The molecule has 7 heteroatoms. The molecule has 2 atom stereocenters. The fourth-order valence-electron chi connectivity index (χ4n) is 2.16. The highest BCUT2D eigenvalue weighted by Crippen LogP contribution is 2.30. The number of aliphatic hydroxyl groups excluding tert-OH is 1.